The summed E-state index contributed by atoms with van der Waals surface area (Å²) in [5.41, 5.74) is 2.16. The Bertz CT molecular complexity index is 1000. The number of benzene rings is 2. The number of halogens is 1. The molecule has 1 unspecified atom stereocenters. The molecule has 2 N–H and O–H groups in total. The Labute approximate surface area is 182 Å². The average Bonchev–Trinajstić information content (AvgIpc) is 3.08. The summed E-state index contributed by atoms with van der Waals surface area (Å²) in [6.07, 6.45) is 0. The van der Waals surface area contributed by atoms with Crippen LogP contribution in [0.2, 0.25) is 5.02 Å². The van der Waals surface area contributed by atoms with Gasteiger partial charge in [-0.1, -0.05) is 48.0 Å². The zero-order valence-corrected chi connectivity index (χ0v) is 18.4. The molecule has 0 saturated carbocycles. The minimum atomic E-state index is 0.0816. The van der Waals surface area contributed by atoms with Crippen molar-refractivity contribution in [2.75, 3.05) is 7.11 Å². The molecule has 1 aromatic heterocycles. The molecule has 8 heteroatoms. The van der Waals surface area contributed by atoms with E-state index >= 15 is 0 Å². The maximum Gasteiger partial charge on any atom is 0.192 e. The van der Waals surface area contributed by atoms with Crippen molar-refractivity contribution in [1.29, 1.82) is 0 Å². The molecular formula is C22H27ClN6O. The smallest absolute Gasteiger partial charge is 0.192 e. The van der Waals surface area contributed by atoms with Gasteiger partial charge in [-0.15, -0.1) is 10.2 Å². The number of nitrogens with zero attached hydrogens (tertiary/aromatic N) is 4. The molecule has 0 radical (unpaired) electrons. The van der Waals surface area contributed by atoms with Crippen LogP contribution in [0.5, 0.6) is 5.75 Å². The normalized spacial score (nSPS) is 12.5. The zero-order valence-electron chi connectivity index (χ0n) is 17.7. The van der Waals surface area contributed by atoms with E-state index in [0.717, 1.165) is 17.2 Å². The molecule has 0 aliphatic carbocycles. The maximum absolute atomic E-state index is 6.25. The minimum absolute atomic E-state index is 0.0816. The minimum Gasteiger partial charge on any atom is -0.495 e. The van der Waals surface area contributed by atoms with Crippen LogP contribution in [0, 0.1) is 6.92 Å². The number of methoxy groups -OCH3 is 1. The van der Waals surface area contributed by atoms with E-state index in [2.05, 4.69) is 39.9 Å². The van der Waals surface area contributed by atoms with E-state index in [1.807, 2.05) is 54.9 Å². The van der Waals surface area contributed by atoms with Gasteiger partial charge in [-0.05, 0) is 37.1 Å². The van der Waals surface area contributed by atoms with Crippen molar-refractivity contribution in [2.24, 2.45) is 12.0 Å². The Morgan fingerprint density at radius 1 is 1.20 bits per heavy atom. The molecule has 1 heterocycles. The number of guanidine groups is 1. The number of rotatable bonds is 7. The first kappa shape index (κ1) is 21.6. The van der Waals surface area contributed by atoms with Crippen LogP contribution in [0.4, 0.5) is 0 Å². The molecular weight excluding hydrogens is 400 g/mol. The van der Waals surface area contributed by atoms with Gasteiger partial charge in [-0.25, -0.2) is 4.99 Å². The number of aryl methyl sites for hydroxylation is 1. The molecule has 0 bridgehead atoms. The van der Waals surface area contributed by atoms with Crippen molar-refractivity contribution in [3.8, 4) is 5.75 Å². The molecule has 0 aliphatic heterocycles. The largest absolute Gasteiger partial charge is 0.495 e. The van der Waals surface area contributed by atoms with Gasteiger partial charge in [0.1, 0.15) is 11.6 Å². The Balaban J connectivity index is 1.75. The third-order valence-corrected chi connectivity index (χ3v) is 5.18. The number of hydrogen-bond acceptors (Lipinski definition) is 4. The molecule has 3 aromatic rings. The lowest BCUT2D eigenvalue weighted by atomic mass is 10.1. The van der Waals surface area contributed by atoms with Gasteiger partial charge in [0.25, 0.3) is 0 Å². The lowest BCUT2D eigenvalue weighted by molar-refractivity contribution is 0.415. The van der Waals surface area contributed by atoms with Crippen molar-refractivity contribution >= 4 is 17.6 Å². The number of aromatic nitrogens is 3. The van der Waals surface area contributed by atoms with E-state index in [4.69, 9.17) is 21.3 Å². The summed E-state index contributed by atoms with van der Waals surface area (Å²) in [4.78, 5) is 4.75. The summed E-state index contributed by atoms with van der Waals surface area (Å²) in [6, 6.07) is 16.0. The topological polar surface area (TPSA) is 76.4 Å². The Hall–Kier alpha value is -3.06. The molecule has 30 heavy (non-hydrogen) atoms. The van der Waals surface area contributed by atoms with Crippen LogP contribution in [0.15, 0.2) is 53.5 Å². The van der Waals surface area contributed by atoms with Crippen LogP contribution in [0.1, 0.15) is 35.7 Å². The molecule has 1 atom stereocenters. The number of hydrogen-bond donors (Lipinski definition) is 2. The third kappa shape index (κ3) is 5.51. The fourth-order valence-electron chi connectivity index (χ4n) is 2.93. The molecule has 0 fully saturated rings. The van der Waals surface area contributed by atoms with Gasteiger partial charge in [0.2, 0.25) is 0 Å². The molecule has 158 valence electrons. The highest BCUT2D eigenvalue weighted by Gasteiger charge is 2.10. The van der Waals surface area contributed by atoms with E-state index in [0.29, 0.717) is 29.8 Å². The third-order valence-electron chi connectivity index (χ3n) is 4.89. The first-order chi connectivity index (χ1) is 14.5. The van der Waals surface area contributed by atoms with Crippen LogP contribution in [-0.2, 0) is 20.1 Å². The van der Waals surface area contributed by atoms with E-state index < -0.39 is 0 Å². The molecule has 0 saturated heterocycles. The van der Waals surface area contributed by atoms with Crippen LogP contribution in [0.3, 0.4) is 0 Å². The SMILES string of the molecule is COc1ccc(CN=C(NCc2nnc(C)n2C)NC(C)c2ccccc2)cc1Cl. The molecule has 3 rings (SSSR count). The lowest BCUT2D eigenvalue weighted by Gasteiger charge is -2.19. The lowest BCUT2D eigenvalue weighted by Crippen LogP contribution is -2.39. The van der Waals surface area contributed by atoms with Crippen molar-refractivity contribution < 1.29 is 4.74 Å². The van der Waals surface area contributed by atoms with Gasteiger partial charge >= 0.3 is 0 Å². The van der Waals surface area contributed by atoms with Crippen molar-refractivity contribution in [3.05, 3.63) is 76.3 Å². The van der Waals surface area contributed by atoms with Gasteiger partial charge in [-0.3, -0.25) is 0 Å². The summed E-state index contributed by atoms with van der Waals surface area (Å²) in [5.74, 6) is 3.03. The second kappa shape index (κ2) is 10.1. The second-order valence-corrected chi connectivity index (χ2v) is 7.39. The van der Waals surface area contributed by atoms with E-state index in [1.54, 1.807) is 7.11 Å². The number of nitrogens with one attached hydrogen (secondary N) is 2. The molecule has 0 spiro atoms. The fraction of sp³-hybridized carbons (Fsp3) is 0.318. The highest BCUT2D eigenvalue weighted by atomic mass is 35.5. The molecule has 2 aromatic carbocycles. The number of aliphatic imine (C=N–C) groups is 1. The predicted octanol–water partition coefficient (Wildman–Crippen LogP) is 3.78. The van der Waals surface area contributed by atoms with E-state index in [1.165, 1.54) is 5.56 Å². The van der Waals surface area contributed by atoms with Gasteiger partial charge < -0.3 is 19.9 Å². The quantitative estimate of drug-likeness (QED) is 0.444. The summed E-state index contributed by atoms with van der Waals surface area (Å²) in [6.45, 7) is 5.00. The summed E-state index contributed by atoms with van der Waals surface area (Å²) < 4.78 is 7.17. The number of ether oxygens (including phenoxy) is 1. The first-order valence-electron chi connectivity index (χ1n) is 9.75. The summed E-state index contributed by atoms with van der Waals surface area (Å²) >= 11 is 6.25. The van der Waals surface area contributed by atoms with Crippen LogP contribution >= 0.6 is 11.6 Å². The van der Waals surface area contributed by atoms with Gasteiger partial charge in [0.05, 0.1) is 31.3 Å². The van der Waals surface area contributed by atoms with Gasteiger partial charge in [0.15, 0.2) is 11.8 Å². The van der Waals surface area contributed by atoms with Crippen molar-refractivity contribution in [3.63, 3.8) is 0 Å². The van der Waals surface area contributed by atoms with Crippen LogP contribution in [0.25, 0.3) is 0 Å². The summed E-state index contributed by atoms with van der Waals surface area (Å²) in [7, 11) is 3.55. The monoisotopic (exact) mass is 426 g/mol. The van der Waals surface area contributed by atoms with Crippen molar-refractivity contribution in [1.82, 2.24) is 25.4 Å². The zero-order chi connectivity index (χ0) is 21.5. The highest BCUT2D eigenvalue weighted by molar-refractivity contribution is 6.32. The van der Waals surface area contributed by atoms with Crippen molar-refractivity contribution in [2.45, 2.75) is 33.0 Å². The second-order valence-electron chi connectivity index (χ2n) is 6.99. The van der Waals surface area contributed by atoms with E-state index in [-0.39, 0.29) is 6.04 Å². The predicted molar refractivity (Wildman–Crippen MR) is 120 cm³/mol. The average molecular weight is 427 g/mol. The maximum atomic E-state index is 6.25. The van der Waals surface area contributed by atoms with Gasteiger partial charge in [0, 0.05) is 7.05 Å². The molecule has 7 nitrogen and oxygen atoms in total. The molecule has 0 amide bonds. The Morgan fingerprint density at radius 3 is 2.60 bits per heavy atom. The first-order valence-corrected chi connectivity index (χ1v) is 10.1. The summed E-state index contributed by atoms with van der Waals surface area (Å²) in [5, 5.41) is 15.7. The fourth-order valence-corrected chi connectivity index (χ4v) is 3.21. The van der Waals surface area contributed by atoms with Crippen LogP contribution in [-0.4, -0.2) is 27.8 Å². The Kier molecular flexibility index (Phi) is 7.30. The standard InChI is InChI=1S/C22H27ClN6O/c1-15(18-8-6-5-7-9-18)26-22(25-14-21-28-27-16(2)29(21)3)24-13-17-10-11-20(30-4)19(23)12-17/h5-12,15H,13-14H2,1-4H3,(H2,24,25,26). The Morgan fingerprint density at radius 2 is 1.97 bits per heavy atom. The highest BCUT2D eigenvalue weighted by Crippen LogP contribution is 2.25. The molecule has 0 aliphatic rings. The van der Waals surface area contributed by atoms with Gasteiger partial charge in [-0.2, -0.15) is 0 Å². The van der Waals surface area contributed by atoms with E-state index in [9.17, 15) is 0 Å². The van der Waals surface area contributed by atoms with Crippen LogP contribution < -0.4 is 15.4 Å².